The number of nitrogens with zero attached hydrogens (tertiary/aromatic N) is 1. The van der Waals surface area contributed by atoms with Crippen molar-refractivity contribution in [2.45, 2.75) is 51.4 Å². The summed E-state index contributed by atoms with van der Waals surface area (Å²) in [7, 11) is 1.65. The fraction of sp³-hybridized carbons (Fsp3) is 0.333. The summed E-state index contributed by atoms with van der Waals surface area (Å²) in [4.78, 5) is 39.5. The van der Waals surface area contributed by atoms with E-state index < -0.39 is 5.97 Å². The van der Waals surface area contributed by atoms with Gasteiger partial charge in [-0.25, -0.2) is 4.98 Å². The van der Waals surface area contributed by atoms with Crippen LogP contribution in [0, 0.1) is 0 Å². The number of methoxy groups -OCH3 is 1. The molecule has 0 aliphatic rings. The highest BCUT2D eigenvalue weighted by molar-refractivity contribution is 7.13. The molecular formula is C30H35N3O6S. The zero-order chi connectivity index (χ0) is 28.6. The second kappa shape index (κ2) is 16.7. The summed E-state index contributed by atoms with van der Waals surface area (Å²) >= 11 is 1.33. The highest BCUT2D eigenvalue weighted by atomic mass is 32.1. The Morgan fingerprint density at radius 3 is 2.45 bits per heavy atom. The Labute approximate surface area is 238 Å². The molecule has 0 radical (unpaired) electrons. The number of carbonyl (C=O) groups is 3. The topological polar surface area (TPSA) is 127 Å². The molecule has 3 rings (SSSR count). The molecule has 40 heavy (non-hydrogen) atoms. The predicted octanol–water partition coefficient (Wildman–Crippen LogP) is 6.18. The molecule has 0 aliphatic heterocycles. The lowest BCUT2D eigenvalue weighted by Gasteiger charge is -2.13. The van der Waals surface area contributed by atoms with Crippen molar-refractivity contribution in [2.24, 2.45) is 0 Å². The SMILES string of the molecule is COc1ccc(/C=C/CCCCOc2ccc(NC(=O)CCCC(=O)Nc3nccs3)cc2CCC(=O)O)cc1. The Morgan fingerprint density at radius 1 is 0.975 bits per heavy atom. The second-order valence-corrected chi connectivity index (χ2v) is 9.92. The van der Waals surface area contributed by atoms with Gasteiger partial charge < -0.3 is 25.2 Å². The number of benzene rings is 2. The fourth-order valence-corrected chi connectivity index (χ4v) is 4.36. The molecule has 1 heterocycles. The van der Waals surface area contributed by atoms with Gasteiger partial charge in [-0.1, -0.05) is 24.3 Å². The number of unbranched alkanes of at least 4 members (excludes halogenated alkanes) is 2. The summed E-state index contributed by atoms with van der Waals surface area (Å²) in [6, 6.07) is 13.1. The van der Waals surface area contributed by atoms with Gasteiger partial charge in [0.25, 0.3) is 0 Å². The molecule has 1 aromatic heterocycles. The number of ether oxygens (including phenoxy) is 2. The van der Waals surface area contributed by atoms with E-state index in [1.165, 1.54) is 11.3 Å². The minimum Gasteiger partial charge on any atom is -0.497 e. The zero-order valence-corrected chi connectivity index (χ0v) is 23.4. The van der Waals surface area contributed by atoms with Gasteiger partial charge >= 0.3 is 5.97 Å². The van der Waals surface area contributed by atoms with Gasteiger partial charge in [0.2, 0.25) is 11.8 Å². The van der Waals surface area contributed by atoms with E-state index in [2.05, 4.69) is 27.8 Å². The van der Waals surface area contributed by atoms with Crippen LogP contribution in [-0.4, -0.2) is 41.6 Å². The molecule has 9 nitrogen and oxygen atoms in total. The molecule has 0 saturated heterocycles. The smallest absolute Gasteiger partial charge is 0.303 e. The number of carbonyl (C=O) groups excluding carboxylic acids is 2. The van der Waals surface area contributed by atoms with Crippen molar-refractivity contribution < 1.29 is 29.0 Å². The molecule has 212 valence electrons. The van der Waals surface area contributed by atoms with Crippen molar-refractivity contribution >= 4 is 46.0 Å². The van der Waals surface area contributed by atoms with E-state index in [1.807, 2.05) is 24.3 Å². The molecule has 0 saturated carbocycles. The first-order chi connectivity index (χ1) is 19.4. The van der Waals surface area contributed by atoms with Crippen molar-refractivity contribution in [1.29, 1.82) is 0 Å². The van der Waals surface area contributed by atoms with Crippen LogP contribution in [-0.2, 0) is 20.8 Å². The van der Waals surface area contributed by atoms with Crippen molar-refractivity contribution in [3.63, 3.8) is 0 Å². The summed E-state index contributed by atoms with van der Waals surface area (Å²) in [5, 5.41) is 17.0. The first kappa shape index (κ1) is 30.4. The van der Waals surface area contributed by atoms with Crippen LogP contribution in [0.2, 0.25) is 0 Å². The van der Waals surface area contributed by atoms with Crippen LogP contribution in [0.3, 0.4) is 0 Å². The molecule has 0 aliphatic carbocycles. The van der Waals surface area contributed by atoms with Gasteiger partial charge in [0.1, 0.15) is 11.5 Å². The summed E-state index contributed by atoms with van der Waals surface area (Å²) < 4.78 is 11.1. The van der Waals surface area contributed by atoms with E-state index in [9.17, 15) is 14.4 Å². The standard InChI is InChI=1S/C30H35N3O6S/c1-38-25-14-10-22(11-15-25)7-4-2-3-5-19-39-26-16-13-24(21-23(26)12-17-29(36)37)32-27(34)8-6-9-28(35)33-30-31-18-20-40-30/h4,7,10-11,13-16,18,20-21H,2-3,5-6,8-9,12,17,19H2,1H3,(H,32,34)(H,36,37)(H,31,33,35)/b7-4+. The van der Waals surface area contributed by atoms with Gasteiger partial charge in [-0.05, 0) is 73.6 Å². The van der Waals surface area contributed by atoms with Crippen molar-refractivity contribution in [3.8, 4) is 11.5 Å². The summed E-state index contributed by atoms with van der Waals surface area (Å²) in [5.41, 5.74) is 2.40. The largest absolute Gasteiger partial charge is 0.497 e. The summed E-state index contributed by atoms with van der Waals surface area (Å²) in [6.07, 6.45) is 9.56. The third-order valence-electron chi connectivity index (χ3n) is 5.89. The molecule has 0 bridgehead atoms. The van der Waals surface area contributed by atoms with Crippen LogP contribution in [0.5, 0.6) is 11.5 Å². The molecule has 0 spiro atoms. The van der Waals surface area contributed by atoms with Crippen LogP contribution < -0.4 is 20.1 Å². The highest BCUT2D eigenvalue weighted by Gasteiger charge is 2.11. The lowest BCUT2D eigenvalue weighted by molar-refractivity contribution is -0.137. The molecular weight excluding hydrogens is 530 g/mol. The molecule has 0 unspecified atom stereocenters. The van der Waals surface area contributed by atoms with Gasteiger partial charge in [0.05, 0.1) is 13.7 Å². The van der Waals surface area contributed by atoms with Gasteiger partial charge in [-0.2, -0.15) is 0 Å². The second-order valence-electron chi connectivity index (χ2n) is 9.02. The number of anilines is 2. The van der Waals surface area contributed by atoms with Gasteiger partial charge in [0.15, 0.2) is 5.13 Å². The lowest BCUT2D eigenvalue weighted by Crippen LogP contribution is -2.15. The van der Waals surface area contributed by atoms with Crippen LogP contribution in [0.1, 0.15) is 56.1 Å². The maximum atomic E-state index is 12.4. The Kier molecular flexibility index (Phi) is 12.7. The monoisotopic (exact) mass is 565 g/mol. The number of aromatic nitrogens is 1. The number of aliphatic carboxylic acids is 1. The molecule has 0 fully saturated rings. The fourth-order valence-electron chi connectivity index (χ4n) is 3.82. The third-order valence-corrected chi connectivity index (χ3v) is 6.58. The minimum atomic E-state index is -0.903. The molecule has 2 amide bonds. The van der Waals surface area contributed by atoms with E-state index in [0.29, 0.717) is 29.6 Å². The number of rotatable bonds is 17. The molecule has 3 aromatic rings. The summed E-state index contributed by atoms with van der Waals surface area (Å²) in [6.45, 7) is 0.505. The maximum Gasteiger partial charge on any atom is 0.303 e. The molecule has 2 aromatic carbocycles. The average Bonchev–Trinajstić information content (AvgIpc) is 3.45. The van der Waals surface area contributed by atoms with Gasteiger partial charge in [-0.3, -0.25) is 14.4 Å². The van der Waals surface area contributed by atoms with E-state index >= 15 is 0 Å². The number of nitrogens with one attached hydrogen (secondary N) is 2. The Morgan fingerprint density at radius 2 is 1.75 bits per heavy atom. The normalized spacial score (nSPS) is 10.8. The van der Waals surface area contributed by atoms with Crippen LogP contribution >= 0.6 is 11.3 Å². The number of allylic oxidation sites excluding steroid dienone is 1. The highest BCUT2D eigenvalue weighted by Crippen LogP contribution is 2.25. The Hall–Kier alpha value is -4.18. The number of hydrogen-bond acceptors (Lipinski definition) is 7. The number of carboxylic acid groups (broad SMARTS) is 1. The van der Waals surface area contributed by atoms with Crippen molar-refractivity contribution in [3.05, 3.63) is 71.2 Å². The number of carboxylic acids is 1. The molecule has 0 atom stereocenters. The van der Waals surface area contributed by atoms with Crippen LogP contribution in [0.15, 0.2) is 60.1 Å². The predicted molar refractivity (Wildman–Crippen MR) is 157 cm³/mol. The number of aryl methyl sites for hydroxylation is 1. The molecule has 3 N–H and O–H groups in total. The Bertz CT molecular complexity index is 1260. The van der Waals surface area contributed by atoms with E-state index in [1.54, 1.807) is 36.9 Å². The van der Waals surface area contributed by atoms with E-state index in [4.69, 9.17) is 14.6 Å². The first-order valence-corrected chi connectivity index (χ1v) is 14.1. The Balaban J connectivity index is 1.42. The van der Waals surface area contributed by atoms with E-state index in [0.717, 1.165) is 36.1 Å². The first-order valence-electron chi connectivity index (χ1n) is 13.2. The zero-order valence-electron chi connectivity index (χ0n) is 22.6. The third kappa shape index (κ3) is 11.3. The quantitative estimate of drug-likeness (QED) is 0.167. The van der Waals surface area contributed by atoms with Gasteiger partial charge in [0, 0.05) is 36.5 Å². The maximum absolute atomic E-state index is 12.4. The van der Waals surface area contributed by atoms with E-state index in [-0.39, 0.29) is 37.5 Å². The van der Waals surface area contributed by atoms with Gasteiger partial charge in [-0.15, -0.1) is 11.3 Å². The lowest BCUT2D eigenvalue weighted by atomic mass is 10.1. The minimum absolute atomic E-state index is 0.0435. The number of thiazole rings is 1. The average molecular weight is 566 g/mol. The van der Waals surface area contributed by atoms with Crippen LogP contribution in [0.4, 0.5) is 10.8 Å². The number of amides is 2. The van der Waals surface area contributed by atoms with Crippen molar-refractivity contribution in [1.82, 2.24) is 4.98 Å². The summed E-state index contributed by atoms with van der Waals surface area (Å²) in [5.74, 6) is 0.139. The number of hydrogen-bond donors (Lipinski definition) is 3. The van der Waals surface area contributed by atoms with Crippen LogP contribution in [0.25, 0.3) is 6.08 Å². The molecule has 10 heteroatoms. The van der Waals surface area contributed by atoms with Crippen molar-refractivity contribution in [2.75, 3.05) is 24.4 Å².